The van der Waals surface area contributed by atoms with E-state index >= 15 is 0 Å². The molecule has 0 saturated carbocycles. The molecular formula is C74H74N12O4. The SMILES string of the molecule is CN(C)CCNC(=O)c1ccc(C2=Nc3cc(-c4ccc5nc(-c6ccc(C(=O)NCCCCCCCCNC(=O)c7ccc(C8=Nc9cc(-c%10ccc%11nc(-c%12ccc(C(=O)NCCN(C)C)cc%12)[nH]c%11c%10)ccc9C8)cc7)cc6)[nH]c5c4)ccc3C2)cc1. The predicted octanol–water partition coefficient (Wildman–Crippen LogP) is 12.5. The lowest BCUT2D eigenvalue weighted by molar-refractivity contribution is 0.0942. The Morgan fingerprint density at radius 2 is 0.678 bits per heavy atom. The summed E-state index contributed by atoms with van der Waals surface area (Å²) in [7, 11) is 7.92. The first-order chi connectivity index (χ1) is 43.8. The number of nitrogens with one attached hydrogen (secondary N) is 6. The zero-order chi connectivity index (χ0) is 62.1. The summed E-state index contributed by atoms with van der Waals surface area (Å²) in [6.07, 6.45) is 7.42. The van der Waals surface area contributed by atoms with Crippen molar-refractivity contribution in [1.29, 1.82) is 0 Å². The van der Waals surface area contributed by atoms with E-state index in [4.69, 9.17) is 20.0 Å². The van der Waals surface area contributed by atoms with E-state index in [2.05, 4.69) is 91.9 Å². The van der Waals surface area contributed by atoms with E-state index in [0.717, 1.165) is 171 Å². The molecule has 16 heteroatoms. The molecule has 90 heavy (non-hydrogen) atoms. The van der Waals surface area contributed by atoms with Crippen LogP contribution >= 0.6 is 0 Å². The molecule has 16 nitrogen and oxygen atoms in total. The van der Waals surface area contributed by atoms with Gasteiger partial charge in [0.2, 0.25) is 0 Å². The number of H-pyrrole nitrogens is 2. The van der Waals surface area contributed by atoms with Gasteiger partial charge in [0.05, 0.1) is 44.9 Å². The second-order valence-corrected chi connectivity index (χ2v) is 23.9. The van der Waals surface area contributed by atoms with Gasteiger partial charge in [0.15, 0.2) is 0 Å². The van der Waals surface area contributed by atoms with Crippen molar-refractivity contribution in [2.24, 2.45) is 9.98 Å². The number of nitrogens with zero attached hydrogens (tertiary/aromatic N) is 6. The fraction of sp³-hybridized carbons (Fsp3) is 0.243. The lowest BCUT2D eigenvalue weighted by atomic mass is 9.99. The molecule has 0 saturated heterocycles. The summed E-state index contributed by atoms with van der Waals surface area (Å²) in [6, 6.07) is 55.7. The zero-order valence-electron chi connectivity index (χ0n) is 51.4. The molecule has 0 spiro atoms. The third kappa shape index (κ3) is 14.4. The second-order valence-electron chi connectivity index (χ2n) is 23.9. The van der Waals surface area contributed by atoms with Gasteiger partial charge >= 0.3 is 0 Å². The summed E-state index contributed by atoms with van der Waals surface area (Å²) in [5.74, 6) is 1.14. The van der Waals surface area contributed by atoms with Crippen LogP contribution in [0.2, 0.25) is 0 Å². The highest BCUT2D eigenvalue weighted by Crippen LogP contribution is 2.37. The number of rotatable bonds is 25. The predicted molar refractivity (Wildman–Crippen MR) is 361 cm³/mol. The average Bonchev–Trinajstić information content (AvgIpc) is 2.01. The highest BCUT2D eigenvalue weighted by atomic mass is 16.2. The summed E-state index contributed by atoms with van der Waals surface area (Å²) in [6.45, 7) is 3.97. The van der Waals surface area contributed by atoms with Gasteiger partial charge in [0, 0.05) is 85.5 Å². The van der Waals surface area contributed by atoms with Crippen LogP contribution in [0.1, 0.15) is 102 Å². The maximum absolute atomic E-state index is 13.1. The van der Waals surface area contributed by atoms with Crippen LogP contribution in [0.5, 0.6) is 0 Å². The minimum atomic E-state index is -0.0927. The zero-order valence-corrected chi connectivity index (χ0v) is 51.4. The number of aliphatic imine (C=N–C) groups is 2. The van der Waals surface area contributed by atoms with Crippen molar-refractivity contribution >= 4 is 68.5 Å². The Labute approximate surface area is 524 Å². The van der Waals surface area contributed by atoms with Crippen molar-refractivity contribution in [2.75, 3.05) is 67.5 Å². The van der Waals surface area contributed by atoms with Gasteiger partial charge in [0.1, 0.15) is 11.6 Å². The van der Waals surface area contributed by atoms with Crippen LogP contribution in [-0.2, 0) is 12.8 Å². The molecule has 0 radical (unpaired) electrons. The first-order valence-electron chi connectivity index (χ1n) is 31.1. The van der Waals surface area contributed by atoms with Gasteiger partial charge in [-0.1, -0.05) is 111 Å². The van der Waals surface area contributed by atoms with Crippen LogP contribution in [0.4, 0.5) is 11.4 Å². The van der Waals surface area contributed by atoms with Crippen LogP contribution in [0.3, 0.4) is 0 Å². The Morgan fingerprint density at radius 1 is 0.367 bits per heavy atom. The van der Waals surface area contributed by atoms with E-state index < -0.39 is 0 Å². The van der Waals surface area contributed by atoms with Gasteiger partial charge in [-0.3, -0.25) is 29.2 Å². The number of hydrogen-bond donors (Lipinski definition) is 6. The number of unbranched alkanes of at least 4 members (excludes halogenated alkanes) is 5. The highest BCUT2D eigenvalue weighted by Gasteiger charge is 2.21. The first-order valence-corrected chi connectivity index (χ1v) is 31.1. The smallest absolute Gasteiger partial charge is 0.251 e. The van der Waals surface area contributed by atoms with Gasteiger partial charge in [-0.25, -0.2) is 9.97 Å². The van der Waals surface area contributed by atoms with Gasteiger partial charge in [-0.05, 0) is 170 Å². The summed E-state index contributed by atoms with van der Waals surface area (Å²) < 4.78 is 0. The van der Waals surface area contributed by atoms with Crippen LogP contribution < -0.4 is 21.3 Å². The molecule has 2 aliphatic heterocycles. The van der Waals surface area contributed by atoms with Crippen LogP contribution in [0, 0.1) is 0 Å². The number of aromatic nitrogens is 4. The maximum atomic E-state index is 13.1. The normalized spacial score (nSPS) is 12.5. The number of fused-ring (bicyclic) bond motifs is 4. The minimum Gasteiger partial charge on any atom is -0.352 e. The van der Waals surface area contributed by atoms with E-state index in [9.17, 15) is 19.2 Å². The number of likely N-dealkylation sites (N-methyl/N-ethyl adjacent to an activating group) is 2. The molecule has 12 rings (SSSR count). The molecule has 8 aromatic carbocycles. The summed E-state index contributed by atoms with van der Waals surface area (Å²) in [5.41, 5.74) is 20.3. The topological polar surface area (TPSA) is 205 Å². The fourth-order valence-corrected chi connectivity index (χ4v) is 11.5. The third-order valence-corrected chi connectivity index (χ3v) is 16.7. The minimum absolute atomic E-state index is 0.0757. The van der Waals surface area contributed by atoms with Gasteiger partial charge < -0.3 is 41.0 Å². The number of imidazole rings is 2. The molecule has 4 heterocycles. The van der Waals surface area contributed by atoms with E-state index in [1.807, 2.05) is 147 Å². The highest BCUT2D eigenvalue weighted by molar-refractivity contribution is 6.09. The van der Waals surface area contributed by atoms with E-state index in [0.29, 0.717) is 48.4 Å². The molecule has 0 bridgehead atoms. The fourth-order valence-electron chi connectivity index (χ4n) is 11.5. The van der Waals surface area contributed by atoms with Crippen molar-refractivity contribution in [2.45, 2.75) is 51.4 Å². The van der Waals surface area contributed by atoms with E-state index in [1.165, 1.54) is 5.56 Å². The van der Waals surface area contributed by atoms with Crippen LogP contribution in [-0.4, -0.2) is 132 Å². The van der Waals surface area contributed by atoms with Crippen molar-refractivity contribution in [3.8, 4) is 45.0 Å². The number of hydrogen-bond acceptors (Lipinski definition) is 10. The Hall–Kier alpha value is -10.2. The first kappa shape index (κ1) is 60.1. The number of amides is 4. The van der Waals surface area contributed by atoms with Crippen molar-refractivity contribution in [3.63, 3.8) is 0 Å². The Kier molecular flexibility index (Phi) is 18.4. The molecule has 10 aromatic rings. The Morgan fingerprint density at radius 3 is 1.04 bits per heavy atom. The lowest BCUT2D eigenvalue weighted by Gasteiger charge is -2.10. The maximum Gasteiger partial charge on any atom is 0.251 e. The Balaban J connectivity index is 0.539. The molecule has 0 unspecified atom stereocenters. The summed E-state index contributed by atoms with van der Waals surface area (Å²) >= 11 is 0. The molecule has 454 valence electrons. The molecular weight excluding hydrogens is 1120 g/mol. The average molecular weight is 1200 g/mol. The number of benzene rings is 8. The van der Waals surface area contributed by atoms with E-state index in [1.54, 1.807) is 0 Å². The van der Waals surface area contributed by atoms with Crippen molar-refractivity contribution in [1.82, 2.24) is 51.0 Å². The summed E-state index contributed by atoms with van der Waals surface area (Å²) in [5, 5.41) is 12.1. The van der Waals surface area contributed by atoms with E-state index in [-0.39, 0.29) is 23.6 Å². The number of carbonyl (C=O) groups excluding carboxylic acids is 4. The van der Waals surface area contributed by atoms with Crippen molar-refractivity contribution < 1.29 is 19.2 Å². The molecule has 4 amide bonds. The van der Waals surface area contributed by atoms with Crippen molar-refractivity contribution in [3.05, 3.63) is 214 Å². The molecule has 2 aliphatic rings. The number of carbonyl (C=O) groups is 4. The molecule has 0 aliphatic carbocycles. The number of aromatic amines is 2. The second kappa shape index (κ2) is 27.5. The molecule has 0 atom stereocenters. The summed E-state index contributed by atoms with van der Waals surface area (Å²) in [4.78, 5) is 82.1. The Bertz CT molecular complexity index is 4330. The standard InChI is InChI=1S/C74H74N12O4/c1-85(2)39-37-77-73(89)52-21-13-48(14-22-52)64-46-60-30-28-56(42-66(60)80-64)57-31-33-61-67(43-57)83-69(81-61)49-15-23-53(24-16-49)72(88)76-36-10-8-6-5-7-9-35-75-71(87)51-19-11-47(12-20-51)63-45-59-29-27-55(41-65(59)79-63)58-32-34-62-68(44-58)84-70(82-62)50-17-25-54(26-18-50)74(90)78-38-40-86(3)4/h11-34,41-44H,5-10,35-40,45-46H2,1-4H3,(H,75,87)(H,76,88)(H,77,89)(H,78,90)(H,81,83)(H,82,84). The third-order valence-electron chi connectivity index (χ3n) is 16.7. The van der Waals surface area contributed by atoms with Gasteiger partial charge in [-0.2, -0.15) is 0 Å². The lowest BCUT2D eigenvalue weighted by Crippen LogP contribution is -2.31. The molecule has 6 N–H and O–H groups in total. The van der Waals surface area contributed by atoms with Crippen LogP contribution in [0.15, 0.2) is 180 Å². The monoisotopic (exact) mass is 1190 g/mol. The largest absolute Gasteiger partial charge is 0.352 e. The van der Waals surface area contributed by atoms with Gasteiger partial charge in [-0.15, -0.1) is 0 Å². The molecule has 0 fully saturated rings. The quantitative estimate of drug-likeness (QED) is 0.0303. The van der Waals surface area contributed by atoms with Gasteiger partial charge in [0.25, 0.3) is 23.6 Å². The van der Waals surface area contributed by atoms with Crippen LogP contribution in [0.25, 0.3) is 67.1 Å². The molecule has 2 aromatic heterocycles.